The van der Waals surface area contributed by atoms with Crippen molar-refractivity contribution in [1.29, 1.82) is 0 Å². The van der Waals surface area contributed by atoms with Crippen LogP contribution in [0.1, 0.15) is 36.9 Å². The minimum atomic E-state index is 0.565. The van der Waals surface area contributed by atoms with Crippen LogP contribution in [0.5, 0.6) is 0 Å². The molecule has 0 aliphatic rings. The number of nitrogens with zero attached hydrogens (tertiary/aromatic N) is 1. The van der Waals surface area contributed by atoms with Crippen LogP contribution in [0, 0.1) is 0 Å². The van der Waals surface area contributed by atoms with Crippen molar-refractivity contribution in [2.45, 2.75) is 36.8 Å². The van der Waals surface area contributed by atoms with Gasteiger partial charge in [0, 0.05) is 15.3 Å². The summed E-state index contributed by atoms with van der Waals surface area (Å²) in [5.41, 5.74) is 1.23. The average Bonchev–Trinajstić information content (AvgIpc) is 2.86. The molecule has 0 fully saturated rings. The van der Waals surface area contributed by atoms with Crippen LogP contribution < -0.4 is 0 Å². The van der Waals surface area contributed by atoms with Gasteiger partial charge in [0.15, 0.2) is 0 Å². The van der Waals surface area contributed by atoms with Crippen LogP contribution in [0.25, 0.3) is 0 Å². The smallest absolute Gasteiger partial charge is 0.103 e. The fourth-order valence-corrected chi connectivity index (χ4v) is 3.46. The van der Waals surface area contributed by atoms with E-state index < -0.39 is 0 Å². The molecule has 0 radical (unpaired) electrons. The molecule has 0 aliphatic heterocycles. The van der Waals surface area contributed by atoms with Crippen LogP contribution in [0.2, 0.25) is 5.02 Å². The minimum Gasteiger partial charge on any atom is -0.245 e. The van der Waals surface area contributed by atoms with E-state index in [1.165, 1.54) is 15.6 Å². The van der Waals surface area contributed by atoms with Gasteiger partial charge in [0.2, 0.25) is 0 Å². The first kappa shape index (κ1) is 13.9. The van der Waals surface area contributed by atoms with Crippen molar-refractivity contribution in [2.24, 2.45) is 0 Å². The Labute approximate surface area is 122 Å². The monoisotopic (exact) mass is 297 g/mol. The van der Waals surface area contributed by atoms with Crippen molar-refractivity contribution in [1.82, 2.24) is 4.98 Å². The van der Waals surface area contributed by atoms with Crippen molar-refractivity contribution in [3.05, 3.63) is 45.4 Å². The molecule has 0 N–H and O–H groups in total. The molecule has 0 saturated carbocycles. The maximum atomic E-state index is 5.86. The Morgan fingerprint density at radius 3 is 2.72 bits per heavy atom. The van der Waals surface area contributed by atoms with Crippen LogP contribution in [-0.4, -0.2) is 4.98 Å². The summed E-state index contributed by atoms with van der Waals surface area (Å²) in [7, 11) is 0. The van der Waals surface area contributed by atoms with Gasteiger partial charge in [0.1, 0.15) is 5.01 Å². The summed E-state index contributed by atoms with van der Waals surface area (Å²) in [5.74, 6) is 1.50. The Morgan fingerprint density at radius 1 is 1.33 bits per heavy atom. The molecule has 1 aromatic carbocycles. The number of thioether (sulfide) groups is 1. The highest BCUT2D eigenvalue weighted by Gasteiger charge is 2.08. The van der Waals surface area contributed by atoms with Gasteiger partial charge in [0.05, 0.1) is 11.4 Å². The predicted octanol–water partition coefficient (Wildman–Crippen LogP) is 5.60. The number of aromatic nitrogens is 1. The standard InChI is InChI=1S/C14H16ClNS2/c1-3-10(2)13-8-18-14(16-13)9-17-12-6-4-11(15)5-7-12/h4-8,10H,3,9H2,1-2H3. The lowest BCUT2D eigenvalue weighted by Crippen LogP contribution is -1.91. The Kier molecular flexibility index (Phi) is 5.10. The van der Waals surface area contributed by atoms with Crippen molar-refractivity contribution >= 4 is 34.7 Å². The topological polar surface area (TPSA) is 12.9 Å². The summed E-state index contributed by atoms with van der Waals surface area (Å²) in [6.07, 6.45) is 1.15. The van der Waals surface area contributed by atoms with Gasteiger partial charge < -0.3 is 0 Å². The molecule has 1 nitrogen and oxygen atoms in total. The van der Waals surface area contributed by atoms with Crippen LogP contribution in [0.3, 0.4) is 0 Å². The summed E-state index contributed by atoms with van der Waals surface area (Å²) in [4.78, 5) is 5.92. The molecule has 0 bridgehead atoms. The second-order valence-electron chi connectivity index (χ2n) is 4.22. The summed E-state index contributed by atoms with van der Waals surface area (Å²) < 4.78 is 0. The van der Waals surface area contributed by atoms with E-state index in [4.69, 9.17) is 11.6 Å². The third kappa shape index (κ3) is 3.74. The highest BCUT2D eigenvalue weighted by atomic mass is 35.5. The van der Waals surface area contributed by atoms with Gasteiger partial charge in [-0.2, -0.15) is 0 Å². The molecule has 1 unspecified atom stereocenters. The molecular formula is C14H16ClNS2. The zero-order valence-electron chi connectivity index (χ0n) is 10.5. The van der Waals surface area contributed by atoms with Crippen molar-refractivity contribution in [3.63, 3.8) is 0 Å². The lowest BCUT2D eigenvalue weighted by Gasteiger charge is -2.02. The molecule has 1 aromatic heterocycles. The first-order valence-corrected chi connectivity index (χ1v) is 8.26. The van der Waals surface area contributed by atoms with E-state index in [2.05, 4.69) is 36.3 Å². The van der Waals surface area contributed by atoms with Crippen LogP contribution in [0.4, 0.5) is 0 Å². The number of hydrogen-bond acceptors (Lipinski definition) is 3. The molecule has 4 heteroatoms. The van der Waals surface area contributed by atoms with Crippen LogP contribution in [-0.2, 0) is 5.75 Å². The number of halogens is 1. The summed E-state index contributed by atoms with van der Waals surface area (Å²) in [6, 6.07) is 7.96. The van der Waals surface area contributed by atoms with Crippen LogP contribution in [0.15, 0.2) is 34.5 Å². The molecule has 96 valence electrons. The molecule has 0 spiro atoms. The molecule has 0 aliphatic carbocycles. The SMILES string of the molecule is CCC(C)c1csc(CSc2ccc(Cl)cc2)n1. The van der Waals surface area contributed by atoms with E-state index in [1.54, 1.807) is 23.1 Å². The van der Waals surface area contributed by atoms with Crippen LogP contribution >= 0.6 is 34.7 Å². The quantitative estimate of drug-likeness (QED) is 0.666. The lowest BCUT2D eigenvalue weighted by atomic mass is 10.1. The number of hydrogen-bond donors (Lipinski definition) is 0. The highest BCUT2D eigenvalue weighted by molar-refractivity contribution is 7.98. The third-order valence-electron chi connectivity index (χ3n) is 2.86. The van der Waals surface area contributed by atoms with Gasteiger partial charge in [-0.25, -0.2) is 4.98 Å². The van der Waals surface area contributed by atoms with Gasteiger partial charge >= 0.3 is 0 Å². The fourth-order valence-electron chi connectivity index (χ4n) is 1.50. The first-order chi connectivity index (χ1) is 8.69. The second-order valence-corrected chi connectivity index (χ2v) is 6.65. The maximum Gasteiger partial charge on any atom is 0.103 e. The molecule has 2 rings (SSSR count). The van der Waals surface area contributed by atoms with Crippen molar-refractivity contribution < 1.29 is 0 Å². The van der Waals surface area contributed by atoms with E-state index in [1.807, 2.05) is 12.1 Å². The van der Waals surface area contributed by atoms with E-state index in [0.29, 0.717) is 5.92 Å². The van der Waals surface area contributed by atoms with Gasteiger partial charge in [-0.15, -0.1) is 23.1 Å². The highest BCUT2D eigenvalue weighted by Crippen LogP contribution is 2.27. The summed E-state index contributed by atoms with van der Waals surface area (Å²) in [5, 5.41) is 4.17. The Hall–Kier alpha value is -0.510. The normalized spacial score (nSPS) is 12.6. The molecule has 2 aromatic rings. The molecular weight excluding hydrogens is 282 g/mol. The Balaban J connectivity index is 1.94. The molecule has 18 heavy (non-hydrogen) atoms. The average molecular weight is 298 g/mol. The fraction of sp³-hybridized carbons (Fsp3) is 0.357. The maximum absolute atomic E-state index is 5.86. The Bertz CT molecular complexity index is 493. The van der Waals surface area contributed by atoms with E-state index >= 15 is 0 Å². The molecule has 0 saturated heterocycles. The zero-order valence-corrected chi connectivity index (χ0v) is 12.9. The third-order valence-corrected chi connectivity index (χ3v) is 5.19. The van der Waals surface area contributed by atoms with E-state index in [0.717, 1.165) is 17.2 Å². The minimum absolute atomic E-state index is 0.565. The number of thiazole rings is 1. The first-order valence-electron chi connectivity index (χ1n) is 6.01. The Morgan fingerprint density at radius 2 is 2.06 bits per heavy atom. The van der Waals surface area contributed by atoms with Crippen molar-refractivity contribution in [3.8, 4) is 0 Å². The van der Waals surface area contributed by atoms with Crippen molar-refractivity contribution in [2.75, 3.05) is 0 Å². The van der Waals surface area contributed by atoms with E-state index in [9.17, 15) is 0 Å². The molecule has 1 heterocycles. The second kappa shape index (κ2) is 6.60. The summed E-state index contributed by atoms with van der Waals surface area (Å²) >= 11 is 9.43. The van der Waals surface area contributed by atoms with Gasteiger partial charge in [-0.3, -0.25) is 0 Å². The zero-order chi connectivity index (χ0) is 13.0. The van der Waals surface area contributed by atoms with Gasteiger partial charge in [-0.05, 0) is 36.6 Å². The number of rotatable bonds is 5. The predicted molar refractivity (Wildman–Crippen MR) is 81.8 cm³/mol. The molecule has 1 atom stereocenters. The largest absolute Gasteiger partial charge is 0.245 e. The van der Waals surface area contributed by atoms with Gasteiger partial charge in [-0.1, -0.05) is 25.4 Å². The van der Waals surface area contributed by atoms with Gasteiger partial charge in [0.25, 0.3) is 0 Å². The molecule has 0 amide bonds. The van der Waals surface area contributed by atoms with E-state index in [-0.39, 0.29) is 0 Å². The number of benzene rings is 1. The summed E-state index contributed by atoms with van der Waals surface area (Å²) in [6.45, 7) is 4.43. The lowest BCUT2D eigenvalue weighted by molar-refractivity contribution is 0.711.